The van der Waals surface area contributed by atoms with E-state index in [9.17, 15) is 19.8 Å². The topological polar surface area (TPSA) is 152 Å². The standard InChI is InChI=1S/C13H19N5O6S/c1-17(2)12(21)24-8-7(20)5(4-19)23-10(8)18-9-6(25-13(18)22)3-15-11(14)16-9/h3,5,7-8,10-11,16,19-20H,4,14H2,1-2H3/t5-,7-,8-,10-,11?/m1/s1. The lowest BCUT2D eigenvalue weighted by molar-refractivity contribution is -0.0566. The van der Waals surface area contributed by atoms with Crippen LogP contribution in [0, 0.1) is 0 Å². The van der Waals surface area contributed by atoms with Crippen LogP contribution in [0.25, 0.3) is 0 Å². The fourth-order valence-corrected chi connectivity index (χ4v) is 3.46. The second-order valence-corrected chi connectivity index (χ2v) is 6.79. The van der Waals surface area contributed by atoms with Gasteiger partial charge in [0.25, 0.3) is 0 Å². The summed E-state index contributed by atoms with van der Waals surface area (Å²) in [6, 6.07) is 0. The molecule has 3 heterocycles. The normalized spacial score (nSPS) is 30.7. The van der Waals surface area contributed by atoms with E-state index in [4.69, 9.17) is 15.2 Å². The number of nitrogens with one attached hydrogen (secondary N) is 1. The number of aliphatic hydroxyl groups excluding tert-OH is 2. The fourth-order valence-electron chi connectivity index (χ4n) is 2.61. The molecular weight excluding hydrogens is 354 g/mol. The molecular formula is C13H19N5O6S. The van der Waals surface area contributed by atoms with Gasteiger partial charge in [0.1, 0.15) is 18.0 Å². The van der Waals surface area contributed by atoms with Gasteiger partial charge in [-0.05, 0) is 0 Å². The Bertz CT molecular complexity index is 746. The summed E-state index contributed by atoms with van der Waals surface area (Å²) in [5.41, 5.74) is 5.72. The lowest BCUT2D eigenvalue weighted by atomic mass is 10.1. The van der Waals surface area contributed by atoms with Crippen molar-refractivity contribution in [3.63, 3.8) is 0 Å². The first kappa shape index (κ1) is 17.8. The van der Waals surface area contributed by atoms with Crippen LogP contribution in [0.3, 0.4) is 0 Å². The van der Waals surface area contributed by atoms with Crippen LogP contribution in [-0.2, 0) is 9.47 Å². The van der Waals surface area contributed by atoms with Gasteiger partial charge in [0.15, 0.2) is 18.6 Å². The number of ether oxygens (including phenoxy) is 2. The van der Waals surface area contributed by atoms with Crippen LogP contribution in [0.1, 0.15) is 11.1 Å². The number of thiazole rings is 1. The number of rotatable bonds is 3. The number of nitrogens with zero attached hydrogens (tertiary/aromatic N) is 3. The number of anilines is 1. The summed E-state index contributed by atoms with van der Waals surface area (Å²) in [7, 11) is 2.97. The molecule has 1 aromatic heterocycles. The van der Waals surface area contributed by atoms with Gasteiger partial charge in [0.2, 0.25) is 0 Å². The monoisotopic (exact) mass is 373 g/mol. The van der Waals surface area contributed by atoms with Crippen LogP contribution < -0.4 is 15.9 Å². The number of fused-ring (bicyclic) bond motifs is 1. The van der Waals surface area contributed by atoms with Crippen molar-refractivity contribution in [2.45, 2.75) is 30.8 Å². The van der Waals surface area contributed by atoms with E-state index in [2.05, 4.69) is 10.3 Å². The molecule has 1 amide bonds. The molecule has 3 rings (SSSR count). The Hall–Kier alpha value is -1.99. The summed E-state index contributed by atoms with van der Waals surface area (Å²) in [6.07, 6.45) is -4.58. The summed E-state index contributed by atoms with van der Waals surface area (Å²) in [4.78, 5) is 29.6. The second-order valence-electron chi connectivity index (χ2n) is 5.80. The Kier molecular flexibility index (Phi) is 4.79. The van der Waals surface area contributed by atoms with Gasteiger partial charge in [-0.2, -0.15) is 0 Å². The highest BCUT2D eigenvalue weighted by atomic mass is 32.1. The predicted molar refractivity (Wildman–Crippen MR) is 88.7 cm³/mol. The summed E-state index contributed by atoms with van der Waals surface area (Å²) in [5.74, 6) is 0.360. The average molecular weight is 373 g/mol. The van der Waals surface area contributed by atoms with Gasteiger partial charge in [-0.25, -0.2) is 4.79 Å². The molecule has 1 unspecified atom stereocenters. The van der Waals surface area contributed by atoms with E-state index in [-0.39, 0.29) is 0 Å². The molecule has 25 heavy (non-hydrogen) atoms. The quantitative estimate of drug-likeness (QED) is 0.490. The SMILES string of the molecule is CN(C)C(=O)O[C@@H]1[C@H](O)[C@@H](CO)O[C@H]1n1c2c(sc1=O)C=NC(N)N2. The smallest absolute Gasteiger partial charge is 0.409 e. The van der Waals surface area contributed by atoms with E-state index in [0.29, 0.717) is 10.7 Å². The Labute approximate surface area is 146 Å². The van der Waals surface area contributed by atoms with Gasteiger partial charge in [-0.15, -0.1) is 0 Å². The van der Waals surface area contributed by atoms with Gasteiger partial charge in [-0.1, -0.05) is 11.3 Å². The molecule has 1 fully saturated rings. The van der Waals surface area contributed by atoms with Crippen molar-refractivity contribution in [1.29, 1.82) is 0 Å². The molecule has 0 bridgehead atoms. The Morgan fingerprint density at radius 2 is 2.32 bits per heavy atom. The molecule has 5 N–H and O–H groups in total. The maximum Gasteiger partial charge on any atom is 0.409 e. The number of aliphatic hydroxyl groups is 2. The van der Waals surface area contributed by atoms with Gasteiger partial charge in [0, 0.05) is 20.3 Å². The van der Waals surface area contributed by atoms with Gasteiger partial charge < -0.3 is 29.9 Å². The number of hydrogen-bond acceptors (Lipinski definition) is 10. The third kappa shape index (κ3) is 3.14. The summed E-state index contributed by atoms with van der Waals surface area (Å²) >= 11 is 0.908. The summed E-state index contributed by atoms with van der Waals surface area (Å²) in [6.45, 7) is -0.497. The van der Waals surface area contributed by atoms with Gasteiger partial charge in [0.05, 0.1) is 11.5 Å². The molecule has 0 radical (unpaired) electrons. The molecule has 11 nitrogen and oxygen atoms in total. The van der Waals surface area contributed by atoms with E-state index in [1.54, 1.807) is 0 Å². The van der Waals surface area contributed by atoms with Crippen LogP contribution in [0.5, 0.6) is 0 Å². The highest BCUT2D eigenvalue weighted by Gasteiger charge is 2.49. The zero-order chi connectivity index (χ0) is 18.3. The van der Waals surface area contributed by atoms with Crippen LogP contribution in [0.2, 0.25) is 0 Å². The van der Waals surface area contributed by atoms with Gasteiger partial charge >= 0.3 is 11.0 Å². The first-order valence-electron chi connectivity index (χ1n) is 7.46. The molecule has 5 atom stereocenters. The maximum atomic E-state index is 12.4. The first-order chi connectivity index (χ1) is 11.8. The summed E-state index contributed by atoms with van der Waals surface area (Å²) in [5, 5.41) is 22.6. The van der Waals surface area contributed by atoms with Crippen molar-refractivity contribution in [2.75, 3.05) is 26.0 Å². The number of hydrogen-bond donors (Lipinski definition) is 4. The fraction of sp³-hybridized carbons (Fsp3) is 0.615. The van der Waals surface area contributed by atoms with Crippen LogP contribution in [0.15, 0.2) is 9.79 Å². The largest absolute Gasteiger partial charge is 0.438 e. The number of amides is 1. The van der Waals surface area contributed by atoms with E-state index in [0.717, 1.165) is 11.3 Å². The Morgan fingerprint density at radius 1 is 1.60 bits per heavy atom. The minimum atomic E-state index is -1.30. The Morgan fingerprint density at radius 3 is 2.96 bits per heavy atom. The lowest BCUT2D eigenvalue weighted by Crippen LogP contribution is -2.41. The third-order valence-electron chi connectivity index (χ3n) is 3.85. The highest BCUT2D eigenvalue weighted by molar-refractivity contribution is 7.11. The zero-order valence-corrected chi connectivity index (χ0v) is 14.3. The zero-order valence-electron chi connectivity index (χ0n) is 13.5. The summed E-state index contributed by atoms with van der Waals surface area (Å²) < 4.78 is 12.1. The third-order valence-corrected chi connectivity index (χ3v) is 4.74. The van der Waals surface area contributed by atoms with Crippen LogP contribution in [0.4, 0.5) is 10.6 Å². The van der Waals surface area contributed by atoms with E-state index in [1.165, 1.54) is 29.8 Å². The van der Waals surface area contributed by atoms with Crippen molar-refractivity contribution in [3.05, 3.63) is 14.5 Å². The molecule has 12 heteroatoms. The molecule has 0 saturated carbocycles. The van der Waals surface area contributed by atoms with Crippen molar-refractivity contribution < 1.29 is 24.5 Å². The Balaban J connectivity index is 1.99. The van der Waals surface area contributed by atoms with E-state index in [1.807, 2.05) is 0 Å². The van der Waals surface area contributed by atoms with E-state index >= 15 is 0 Å². The maximum absolute atomic E-state index is 12.4. The molecule has 0 aliphatic carbocycles. The lowest BCUT2D eigenvalue weighted by Gasteiger charge is -2.25. The molecule has 1 aromatic rings. The number of carbonyl (C=O) groups is 1. The highest BCUT2D eigenvalue weighted by Crippen LogP contribution is 2.35. The van der Waals surface area contributed by atoms with Crippen molar-refractivity contribution in [1.82, 2.24) is 9.47 Å². The van der Waals surface area contributed by atoms with Crippen molar-refractivity contribution >= 4 is 29.5 Å². The second kappa shape index (κ2) is 6.72. The number of nitrogens with two attached hydrogens (primary N) is 1. The molecule has 0 spiro atoms. The minimum absolute atomic E-state index is 0.360. The van der Waals surface area contributed by atoms with Crippen LogP contribution in [-0.4, -0.2) is 77.3 Å². The number of carbonyl (C=O) groups excluding carboxylic acids is 1. The molecule has 0 aromatic carbocycles. The molecule has 138 valence electrons. The number of aliphatic imine (C=N–C) groups is 1. The average Bonchev–Trinajstić information content (AvgIpc) is 3.03. The van der Waals surface area contributed by atoms with E-state index < -0.39 is 48.4 Å². The molecule has 2 aliphatic heterocycles. The molecule has 2 aliphatic rings. The van der Waals surface area contributed by atoms with Crippen LogP contribution >= 0.6 is 11.3 Å². The predicted octanol–water partition coefficient (Wildman–Crippen LogP) is -1.69. The van der Waals surface area contributed by atoms with Gasteiger partial charge in [-0.3, -0.25) is 20.1 Å². The first-order valence-corrected chi connectivity index (χ1v) is 8.28. The minimum Gasteiger partial charge on any atom is -0.438 e. The number of aromatic nitrogens is 1. The van der Waals surface area contributed by atoms with Crippen molar-refractivity contribution in [2.24, 2.45) is 10.7 Å². The van der Waals surface area contributed by atoms with Crippen molar-refractivity contribution in [3.8, 4) is 0 Å². The molecule has 1 saturated heterocycles.